The van der Waals surface area contributed by atoms with Crippen molar-refractivity contribution < 1.29 is 5.11 Å². The number of phenolic OH excluding ortho intramolecular Hbond substituents is 1. The first kappa shape index (κ1) is 12.5. The average Bonchev–Trinajstić information content (AvgIpc) is 2.36. The summed E-state index contributed by atoms with van der Waals surface area (Å²) in [6, 6.07) is 7.87. The van der Waals surface area contributed by atoms with E-state index in [0.717, 1.165) is 0 Å². The first-order valence-corrected chi connectivity index (χ1v) is 7.15. The predicted molar refractivity (Wildman–Crippen MR) is 72.4 cm³/mol. The molecule has 0 amide bonds. The SMILES string of the molecule is Oc1cccc(C2CCCCCCCCC2)c1. The second-order valence-corrected chi connectivity index (χ2v) is 5.34. The van der Waals surface area contributed by atoms with Crippen LogP contribution >= 0.6 is 0 Å². The number of hydrogen-bond acceptors (Lipinski definition) is 1. The zero-order chi connectivity index (χ0) is 11.9. The minimum absolute atomic E-state index is 0.416. The van der Waals surface area contributed by atoms with E-state index in [-0.39, 0.29) is 0 Å². The van der Waals surface area contributed by atoms with Crippen molar-refractivity contribution in [2.45, 2.75) is 63.7 Å². The molecule has 1 aliphatic rings. The van der Waals surface area contributed by atoms with E-state index in [0.29, 0.717) is 11.7 Å². The molecule has 0 unspecified atom stereocenters. The van der Waals surface area contributed by atoms with E-state index in [1.165, 1.54) is 63.4 Å². The van der Waals surface area contributed by atoms with Gasteiger partial charge in [0.05, 0.1) is 0 Å². The van der Waals surface area contributed by atoms with Crippen LogP contribution in [0.1, 0.15) is 69.3 Å². The Morgan fingerprint density at radius 2 is 1.41 bits per heavy atom. The van der Waals surface area contributed by atoms with Crippen LogP contribution in [0.3, 0.4) is 0 Å². The number of phenols is 1. The van der Waals surface area contributed by atoms with Crippen LogP contribution in [0, 0.1) is 0 Å². The van der Waals surface area contributed by atoms with Crippen LogP contribution in [0.15, 0.2) is 24.3 Å². The van der Waals surface area contributed by atoms with E-state index in [4.69, 9.17) is 0 Å². The molecule has 0 spiro atoms. The molecular weight excluding hydrogens is 208 g/mol. The predicted octanol–water partition coefficient (Wildman–Crippen LogP) is 5.00. The van der Waals surface area contributed by atoms with Gasteiger partial charge in [0, 0.05) is 0 Å². The minimum Gasteiger partial charge on any atom is -0.508 e. The van der Waals surface area contributed by atoms with Crippen molar-refractivity contribution in [3.63, 3.8) is 0 Å². The molecule has 2 rings (SSSR count). The van der Waals surface area contributed by atoms with Crippen molar-refractivity contribution in [1.29, 1.82) is 0 Å². The van der Waals surface area contributed by atoms with Gasteiger partial charge in [-0.2, -0.15) is 0 Å². The minimum atomic E-state index is 0.416. The molecule has 1 N–H and O–H groups in total. The van der Waals surface area contributed by atoms with Gasteiger partial charge in [-0.05, 0) is 36.5 Å². The molecular formula is C16H24O. The molecule has 1 nitrogen and oxygen atoms in total. The summed E-state index contributed by atoms with van der Waals surface area (Å²) in [5.74, 6) is 1.08. The van der Waals surface area contributed by atoms with Gasteiger partial charge in [-0.25, -0.2) is 0 Å². The van der Waals surface area contributed by atoms with E-state index < -0.39 is 0 Å². The Kier molecular flexibility index (Phi) is 4.90. The highest BCUT2D eigenvalue weighted by atomic mass is 16.3. The third-order valence-corrected chi connectivity index (χ3v) is 3.95. The topological polar surface area (TPSA) is 20.2 Å². The molecule has 0 saturated heterocycles. The second-order valence-electron chi connectivity index (χ2n) is 5.34. The van der Waals surface area contributed by atoms with Crippen molar-refractivity contribution in [2.24, 2.45) is 0 Å². The van der Waals surface area contributed by atoms with Gasteiger partial charge < -0.3 is 5.11 Å². The summed E-state index contributed by atoms with van der Waals surface area (Å²) in [7, 11) is 0. The van der Waals surface area contributed by atoms with Crippen LogP contribution in [0.25, 0.3) is 0 Å². The van der Waals surface area contributed by atoms with Crippen LogP contribution in [-0.4, -0.2) is 5.11 Å². The van der Waals surface area contributed by atoms with Gasteiger partial charge in [-0.1, -0.05) is 57.1 Å². The number of rotatable bonds is 1. The van der Waals surface area contributed by atoms with E-state index in [2.05, 4.69) is 6.07 Å². The fraction of sp³-hybridized carbons (Fsp3) is 0.625. The van der Waals surface area contributed by atoms with Gasteiger partial charge in [0.25, 0.3) is 0 Å². The lowest BCUT2D eigenvalue weighted by molar-refractivity contribution is 0.454. The second kappa shape index (κ2) is 6.68. The lowest BCUT2D eigenvalue weighted by Gasteiger charge is -2.19. The standard InChI is InChI=1S/C16H24O/c17-16-12-8-11-15(13-16)14-9-6-4-2-1-3-5-7-10-14/h8,11-14,17H,1-7,9-10H2. The van der Waals surface area contributed by atoms with E-state index in [1.807, 2.05) is 12.1 Å². The number of hydrogen-bond donors (Lipinski definition) is 1. The highest BCUT2D eigenvalue weighted by Crippen LogP contribution is 2.31. The molecule has 0 radical (unpaired) electrons. The quantitative estimate of drug-likeness (QED) is 0.722. The van der Waals surface area contributed by atoms with Gasteiger partial charge in [0.1, 0.15) is 5.75 Å². The summed E-state index contributed by atoms with van der Waals surface area (Å²) in [6.45, 7) is 0. The summed E-state index contributed by atoms with van der Waals surface area (Å²) in [5.41, 5.74) is 1.34. The molecule has 1 fully saturated rings. The normalized spacial score (nSPS) is 20.0. The highest BCUT2D eigenvalue weighted by molar-refractivity contribution is 5.29. The summed E-state index contributed by atoms with van der Waals surface area (Å²) in [4.78, 5) is 0. The zero-order valence-corrected chi connectivity index (χ0v) is 10.7. The Balaban J connectivity index is 2.00. The van der Waals surface area contributed by atoms with Crippen LogP contribution in [0.2, 0.25) is 0 Å². The van der Waals surface area contributed by atoms with Crippen LogP contribution in [-0.2, 0) is 0 Å². The van der Waals surface area contributed by atoms with Crippen molar-refractivity contribution in [3.8, 4) is 5.75 Å². The van der Waals surface area contributed by atoms with Gasteiger partial charge in [-0.15, -0.1) is 0 Å². The van der Waals surface area contributed by atoms with E-state index >= 15 is 0 Å². The number of benzene rings is 1. The first-order valence-electron chi connectivity index (χ1n) is 7.15. The van der Waals surface area contributed by atoms with Gasteiger partial charge in [0.2, 0.25) is 0 Å². The molecule has 1 aromatic rings. The summed E-state index contributed by atoms with van der Waals surface area (Å²) >= 11 is 0. The Hall–Kier alpha value is -0.980. The summed E-state index contributed by atoms with van der Waals surface area (Å²) in [6.07, 6.45) is 12.3. The Morgan fingerprint density at radius 1 is 0.824 bits per heavy atom. The Labute approximate surface area is 105 Å². The highest BCUT2D eigenvalue weighted by Gasteiger charge is 2.12. The molecule has 0 heterocycles. The molecule has 17 heavy (non-hydrogen) atoms. The Morgan fingerprint density at radius 3 is 2.00 bits per heavy atom. The van der Waals surface area contributed by atoms with E-state index in [1.54, 1.807) is 6.07 Å². The maximum atomic E-state index is 9.57. The summed E-state index contributed by atoms with van der Waals surface area (Å²) < 4.78 is 0. The molecule has 0 atom stereocenters. The first-order chi connectivity index (χ1) is 8.36. The maximum absolute atomic E-state index is 9.57. The molecule has 1 saturated carbocycles. The van der Waals surface area contributed by atoms with Crippen LogP contribution in [0.5, 0.6) is 5.75 Å². The molecule has 1 aliphatic carbocycles. The fourth-order valence-corrected chi connectivity index (χ4v) is 2.92. The largest absolute Gasteiger partial charge is 0.508 e. The van der Waals surface area contributed by atoms with Crippen molar-refractivity contribution in [1.82, 2.24) is 0 Å². The molecule has 1 aromatic carbocycles. The maximum Gasteiger partial charge on any atom is 0.115 e. The molecule has 0 bridgehead atoms. The van der Waals surface area contributed by atoms with Crippen LogP contribution < -0.4 is 0 Å². The molecule has 94 valence electrons. The molecule has 0 aromatic heterocycles. The monoisotopic (exact) mass is 232 g/mol. The summed E-state index contributed by atoms with van der Waals surface area (Å²) in [5, 5.41) is 9.57. The third kappa shape index (κ3) is 4.07. The zero-order valence-electron chi connectivity index (χ0n) is 10.7. The van der Waals surface area contributed by atoms with Gasteiger partial charge in [0.15, 0.2) is 0 Å². The third-order valence-electron chi connectivity index (χ3n) is 3.95. The van der Waals surface area contributed by atoms with Gasteiger partial charge >= 0.3 is 0 Å². The Bertz CT molecular complexity index is 322. The molecule has 1 heteroatoms. The van der Waals surface area contributed by atoms with Crippen molar-refractivity contribution in [2.75, 3.05) is 0 Å². The number of aromatic hydroxyl groups is 1. The van der Waals surface area contributed by atoms with Crippen molar-refractivity contribution >= 4 is 0 Å². The van der Waals surface area contributed by atoms with Gasteiger partial charge in [-0.3, -0.25) is 0 Å². The smallest absolute Gasteiger partial charge is 0.115 e. The molecule has 0 aliphatic heterocycles. The average molecular weight is 232 g/mol. The fourth-order valence-electron chi connectivity index (χ4n) is 2.92. The lowest BCUT2D eigenvalue weighted by atomic mass is 9.87. The lowest BCUT2D eigenvalue weighted by Crippen LogP contribution is -2.01. The van der Waals surface area contributed by atoms with Crippen molar-refractivity contribution in [3.05, 3.63) is 29.8 Å². The van der Waals surface area contributed by atoms with E-state index in [9.17, 15) is 5.11 Å². The van der Waals surface area contributed by atoms with Crippen LogP contribution in [0.4, 0.5) is 0 Å².